The van der Waals surface area contributed by atoms with E-state index in [0.717, 1.165) is 11.1 Å². The summed E-state index contributed by atoms with van der Waals surface area (Å²) >= 11 is 0. The summed E-state index contributed by atoms with van der Waals surface area (Å²) in [5.41, 5.74) is 1.14. The van der Waals surface area contributed by atoms with Crippen LogP contribution in [0, 0.1) is 11.8 Å². The van der Waals surface area contributed by atoms with Crippen molar-refractivity contribution in [3.05, 3.63) is 95.8 Å². The minimum atomic E-state index is -1.49. The number of hydrogen-bond acceptors (Lipinski definition) is 11. The zero-order valence-electron chi connectivity index (χ0n) is 26.4. The van der Waals surface area contributed by atoms with Gasteiger partial charge in [0.2, 0.25) is 5.75 Å². The van der Waals surface area contributed by atoms with E-state index in [2.05, 4.69) is 10.3 Å². The van der Waals surface area contributed by atoms with Crippen LogP contribution >= 0.6 is 0 Å². The fourth-order valence-corrected chi connectivity index (χ4v) is 4.69. The van der Waals surface area contributed by atoms with Crippen LogP contribution < -0.4 is 14.8 Å². The average Bonchev–Trinajstić information content (AvgIpc) is 3.10. The van der Waals surface area contributed by atoms with Crippen LogP contribution in [-0.2, 0) is 39.8 Å². The maximum absolute atomic E-state index is 13.5. The van der Waals surface area contributed by atoms with E-state index in [9.17, 15) is 24.0 Å². The van der Waals surface area contributed by atoms with E-state index < -0.39 is 66.5 Å². The predicted molar refractivity (Wildman–Crippen MR) is 168 cm³/mol. The van der Waals surface area contributed by atoms with E-state index >= 15 is 0 Å². The van der Waals surface area contributed by atoms with Gasteiger partial charge >= 0.3 is 23.9 Å². The third-order valence-electron chi connectivity index (χ3n) is 7.19. The van der Waals surface area contributed by atoms with Gasteiger partial charge in [-0.25, -0.2) is 14.6 Å². The van der Waals surface area contributed by atoms with Gasteiger partial charge in [-0.05, 0) is 30.5 Å². The molecular formula is C35H36N2O10. The van der Waals surface area contributed by atoms with Gasteiger partial charge in [-0.2, -0.15) is 0 Å². The molecular weight excluding hydrogens is 608 g/mol. The standard InChI is InChI=1S/C35H36N2O10/c1-21(2)33(40)47-30-22(3)45-35(42)26(20-44-34(41)25(30)19-24-13-9-6-10-14-24)37-32(39)29-31(27(43-4)17-18-36-29)46-28(38)16-15-23-11-7-5-8-12-23/h5-18,21-22,25-26,30H,19-20H2,1-4H3,(H,37,39)/t22-,25+,26?,30?/m0/s1. The Morgan fingerprint density at radius 2 is 1.68 bits per heavy atom. The lowest BCUT2D eigenvalue weighted by Crippen LogP contribution is -2.47. The lowest BCUT2D eigenvalue weighted by Gasteiger charge is -2.29. The average molecular weight is 645 g/mol. The molecule has 0 saturated carbocycles. The summed E-state index contributed by atoms with van der Waals surface area (Å²) in [5, 5.41) is 2.46. The number of esters is 4. The second-order valence-corrected chi connectivity index (χ2v) is 11.0. The third-order valence-corrected chi connectivity index (χ3v) is 7.19. The number of carbonyl (C=O) groups is 5. The van der Waals surface area contributed by atoms with Crippen molar-refractivity contribution in [2.75, 3.05) is 13.7 Å². The topological polar surface area (TPSA) is 156 Å². The Balaban J connectivity index is 1.56. The number of aromatic nitrogens is 1. The molecule has 0 bridgehead atoms. The number of rotatable bonds is 10. The zero-order valence-corrected chi connectivity index (χ0v) is 26.4. The zero-order chi connectivity index (χ0) is 33.9. The van der Waals surface area contributed by atoms with Crippen LogP contribution in [0.25, 0.3) is 6.08 Å². The van der Waals surface area contributed by atoms with Crippen LogP contribution in [0.4, 0.5) is 0 Å². The first-order chi connectivity index (χ1) is 22.6. The van der Waals surface area contributed by atoms with Crippen LogP contribution in [0.5, 0.6) is 11.5 Å². The largest absolute Gasteiger partial charge is 0.493 e. The molecule has 2 aromatic carbocycles. The Kier molecular flexibility index (Phi) is 11.8. The summed E-state index contributed by atoms with van der Waals surface area (Å²) in [4.78, 5) is 69.7. The van der Waals surface area contributed by atoms with Gasteiger partial charge < -0.3 is 29.0 Å². The maximum Gasteiger partial charge on any atom is 0.336 e. The van der Waals surface area contributed by atoms with Crippen LogP contribution in [0.2, 0.25) is 0 Å². The first-order valence-corrected chi connectivity index (χ1v) is 15.0. The lowest BCUT2D eigenvalue weighted by molar-refractivity contribution is -0.176. The molecule has 4 atom stereocenters. The highest BCUT2D eigenvalue weighted by Gasteiger charge is 2.42. The minimum Gasteiger partial charge on any atom is -0.493 e. The molecule has 12 heteroatoms. The molecule has 1 aliphatic heterocycles. The van der Waals surface area contributed by atoms with Gasteiger partial charge in [0.15, 0.2) is 23.6 Å². The number of ether oxygens (including phenoxy) is 5. The maximum atomic E-state index is 13.5. The summed E-state index contributed by atoms with van der Waals surface area (Å²) in [6.45, 7) is 4.19. The second kappa shape index (κ2) is 16.2. The van der Waals surface area contributed by atoms with E-state index in [1.807, 2.05) is 24.3 Å². The predicted octanol–water partition coefficient (Wildman–Crippen LogP) is 3.72. The van der Waals surface area contributed by atoms with Crippen LogP contribution in [-0.4, -0.2) is 66.7 Å². The molecule has 1 amide bonds. The Labute approximate surface area is 272 Å². The number of carbonyl (C=O) groups excluding carboxylic acids is 5. The van der Waals surface area contributed by atoms with Crippen molar-refractivity contribution in [2.45, 2.75) is 45.4 Å². The minimum absolute atomic E-state index is 0.0299. The monoisotopic (exact) mass is 644 g/mol. The van der Waals surface area contributed by atoms with E-state index in [0.29, 0.717) is 0 Å². The molecule has 1 fully saturated rings. The lowest BCUT2D eigenvalue weighted by atomic mass is 9.91. The highest BCUT2D eigenvalue weighted by atomic mass is 16.6. The highest BCUT2D eigenvalue weighted by molar-refractivity contribution is 5.99. The SMILES string of the molecule is COc1ccnc(C(=O)NC2COC(=O)[C@H](Cc3ccccc3)C(OC(=O)C(C)C)[C@H](C)OC2=O)c1OC(=O)C=Cc1ccccc1. The molecule has 1 N–H and O–H groups in total. The number of nitrogens with one attached hydrogen (secondary N) is 1. The highest BCUT2D eigenvalue weighted by Crippen LogP contribution is 2.30. The van der Waals surface area contributed by atoms with Gasteiger partial charge in [0.05, 0.1) is 13.0 Å². The van der Waals surface area contributed by atoms with Gasteiger partial charge in [-0.15, -0.1) is 0 Å². The fourth-order valence-electron chi connectivity index (χ4n) is 4.69. The number of pyridine rings is 1. The van der Waals surface area contributed by atoms with Gasteiger partial charge in [-0.1, -0.05) is 74.5 Å². The number of hydrogen-bond donors (Lipinski definition) is 1. The van der Waals surface area contributed by atoms with E-state index in [1.165, 1.54) is 38.4 Å². The van der Waals surface area contributed by atoms with E-state index in [-0.39, 0.29) is 23.6 Å². The molecule has 1 saturated heterocycles. The van der Waals surface area contributed by atoms with Crippen molar-refractivity contribution >= 4 is 35.9 Å². The first-order valence-electron chi connectivity index (χ1n) is 15.0. The smallest absolute Gasteiger partial charge is 0.336 e. The normalized spacial score (nSPS) is 19.9. The van der Waals surface area contributed by atoms with Gasteiger partial charge in [-0.3, -0.25) is 14.4 Å². The van der Waals surface area contributed by atoms with Crippen LogP contribution in [0.1, 0.15) is 42.4 Å². The molecule has 0 aliphatic carbocycles. The summed E-state index contributed by atoms with van der Waals surface area (Å²) < 4.78 is 27.6. The van der Waals surface area contributed by atoms with Crippen LogP contribution in [0.3, 0.4) is 0 Å². The van der Waals surface area contributed by atoms with Crippen molar-refractivity contribution < 1.29 is 47.7 Å². The molecule has 12 nitrogen and oxygen atoms in total. The van der Waals surface area contributed by atoms with Gasteiger partial charge in [0.1, 0.15) is 18.6 Å². The van der Waals surface area contributed by atoms with Crippen molar-refractivity contribution in [2.24, 2.45) is 11.8 Å². The summed E-state index contributed by atoms with van der Waals surface area (Å²) in [6, 6.07) is 18.0. The summed E-state index contributed by atoms with van der Waals surface area (Å²) in [7, 11) is 1.32. The number of amides is 1. The fraction of sp³-hybridized carbons (Fsp3) is 0.314. The molecule has 2 heterocycles. The number of benzene rings is 2. The van der Waals surface area contributed by atoms with E-state index in [4.69, 9.17) is 23.7 Å². The Morgan fingerprint density at radius 3 is 2.34 bits per heavy atom. The number of cyclic esters (lactones) is 2. The molecule has 4 rings (SSSR count). The van der Waals surface area contributed by atoms with Gasteiger partial charge in [0, 0.05) is 18.3 Å². The van der Waals surface area contributed by atoms with Crippen molar-refractivity contribution in [1.29, 1.82) is 0 Å². The number of methoxy groups -OCH3 is 1. The Bertz CT molecular complexity index is 1610. The van der Waals surface area contributed by atoms with Crippen molar-refractivity contribution in [1.82, 2.24) is 10.3 Å². The summed E-state index contributed by atoms with van der Waals surface area (Å²) in [6.07, 6.45) is 1.84. The van der Waals surface area contributed by atoms with Gasteiger partial charge in [0.25, 0.3) is 5.91 Å². The third kappa shape index (κ3) is 9.25. The molecule has 1 aromatic heterocycles. The quantitative estimate of drug-likeness (QED) is 0.195. The number of nitrogens with zero attached hydrogens (tertiary/aromatic N) is 1. The second-order valence-electron chi connectivity index (χ2n) is 11.0. The van der Waals surface area contributed by atoms with Crippen molar-refractivity contribution in [3.63, 3.8) is 0 Å². The summed E-state index contributed by atoms with van der Waals surface area (Å²) in [5.74, 6) is -5.83. The molecule has 47 heavy (non-hydrogen) atoms. The van der Waals surface area contributed by atoms with Crippen molar-refractivity contribution in [3.8, 4) is 11.5 Å². The molecule has 246 valence electrons. The molecule has 0 spiro atoms. The van der Waals surface area contributed by atoms with Crippen LogP contribution in [0.15, 0.2) is 79.0 Å². The molecule has 3 aromatic rings. The first kappa shape index (κ1) is 34.4. The Hall–Kier alpha value is -5.52. The molecule has 0 radical (unpaired) electrons. The molecule has 2 unspecified atom stereocenters. The van der Waals surface area contributed by atoms with E-state index in [1.54, 1.807) is 50.2 Å². The molecule has 1 aliphatic rings. The Morgan fingerprint density at radius 1 is 1.00 bits per heavy atom.